The van der Waals surface area contributed by atoms with Gasteiger partial charge in [-0.25, -0.2) is 19.2 Å². The Morgan fingerprint density at radius 2 is 0.508 bits per heavy atom. The van der Waals surface area contributed by atoms with E-state index in [1.54, 1.807) is 72.8 Å². The van der Waals surface area contributed by atoms with Crippen LogP contribution in [0.3, 0.4) is 0 Å². The Labute approximate surface area is 383 Å². The zero-order valence-electron chi connectivity index (χ0n) is 33.9. The molecule has 8 aromatic carbocycles. The predicted octanol–water partition coefficient (Wildman–Crippen LogP) is 9.76. The summed E-state index contributed by atoms with van der Waals surface area (Å²) < 4.78 is 0. The zero-order chi connectivity index (χ0) is 46.2. The van der Waals surface area contributed by atoms with E-state index in [9.17, 15) is 39.6 Å². The third-order valence-electron chi connectivity index (χ3n) is 9.36. The van der Waals surface area contributed by atoms with Crippen molar-refractivity contribution in [2.24, 2.45) is 0 Å². The molecule has 0 atom stereocenters. The molecule has 0 aliphatic rings. The molecule has 0 aliphatic heterocycles. The molecule has 329 valence electrons. The van der Waals surface area contributed by atoms with E-state index in [1.165, 1.54) is 24.3 Å². The van der Waals surface area contributed by atoms with Gasteiger partial charge < -0.3 is 40.9 Å². The second kappa shape index (κ2) is 23.5. The van der Waals surface area contributed by atoms with E-state index in [1.807, 2.05) is 97.1 Å². The molecule has 0 heterocycles. The Hall–Kier alpha value is -8.64. The summed E-state index contributed by atoms with van der Waals surface area (Å²) in [6, 6.07) is 54.8. The van der Waals surface area contributed by atoms with E-state index in [2.05, 4.69) is 0 Å². The molecule has 0 aromatic heterocycles. The second-order valence-electron chi connectivity index (χ2n) is 13.5. The van der Waals surface area contributed by atoms with Gasteiger partial charge in [0.2, 0.25) is 0 Å². The maximum Gasteiger partial charge on any atom is 2.00 e. The molecular weight excluding hydrogens is 880 g/mol. The molecule has 13 heteroatoms. The largest absolute Gasteiger partial charge is 2.00 e. The number of aromatic hydroxyl groups is 2. The van der Waals surface area contributed by atoms with Crippen molar-refractivity contribution in [1.82, 2.24) is 0 Å². The van der Waals surface area contributed by atoms with Crippen LogP contribution in [0, 0.1) is 0 Å². The van der Waals surface area contributed by atoms with Gasteiger partial charge in [-0.2, -0.15) is 0 Å². The van der Waals surface area contributed by atoms with Crippen molar-refractivity contribution in [3.8, 4) is 67.5 Å². The van der Waals surface area contributed by atoms with Crippen LogP contribution in [0.4, 0.5) is 0 Å². The molecule has 0 saturated carbocycles. The van der Waals surface area contributed by atoms with Crippen molar-refractivity contribution >= 4 is 23.9 Å². The Morgan fingerprint density at radius 1 is 0.292 bits per heavy atom. The molecule has 1 radical (unpaired) electrons. The summed E-state index contributed by atoms with van der Waals surface area (Å²) in [6.07, 6.45) is 0. The fourth-order valence-electron chi connectivity index (χ4n) is 6.23. The summed E-state index contributed by atoms with van der Waals surface area (Å²) in [4.78, 5) is 43.3. The fraction of sp³-hybridized carbons (Fsp3) is 0. The molecule has 0 saturated heterocycles. The molecule has 65 heavy (non-hydrogen) atoms. The monoisotopic (exact) mass is 917 g/mol. The molecule has 0 amide bonds. The number of carboxylic acids is 4. The zero-order valence-corrected chi connectivity index (χ0v) is 34.9. The van der Waals surface area contributed by atoms with E-state index in [-0.39, 0.29) is 50.8 Å². The van der Waals surface area contributed by atoms with Crippen LogP contribution in [0.2, 0.25) is 0 Å². The summed E-state index contributed by atoms with van der Waals surface area (Å²) >= 11 is 0. The summed E-state index contributed by atoms with van der Waals surface area (Å²) in [5.74, 6) is -5.92. The standard InChI is InChI=1S/4C13H10O3.Cu/c4*14-12-10(9-5-2-1-3-6-9)7-4-8-11(12)13(15)16;/h4*1-8,14H,(H,15,16);/q;;;;+2/p-2. The van der Waals surface area contributed by atoms with Gasteiger partial charge in [0.25, 0.3) is 0 Å². The van der Waals surface area contributed by atoms with Crippen molar-refractivity contribution in [3.63, 3.8) is 0 Å². The van der Waals surface area contributed by atoms with Crippen molar-refractivity contribution in [1.29, 1.82) is 0 Å². The Balaban J connectivity index is 0.000000189. The number of para-hydroxylation sites is 4. The first-order valence-corrected chi connectivity index (χ1v) is 19.2. The molecule has 0 fully saturated rings. The summed E-state index contributed by atoms with van der Waals surface area (Å²) in [6.45, 7) is 0. The van der Waals surface area contributed by atoms with Crippen LogP contribution in [0.1, 0.15) is 41.4 Å². The van der Waals surface area contributed by atoms with Crippen molar-refractivity contribution in [3.05, 3.63) is 216 Å². The van der Waals surface area contributed by atoms with Crippen LogP contribution in [0.15, 0.2) is 194 Å². The van der Waals surface area contributed by atoms with Gasteiger partial charge in [0, 0.05) is 11.1 Å². The van der Waals surface area contributed by atoms with E-state index >= 15 is 0 Å². The molecule has 12 nitrogen and oxygen atoms in total. The average Bonchev–Trinajstić information content (AvgIpc) is 3.31. The van der Waals surface area contributed by atoms with Gasteiger partial charge in [-0.3, -0.25) is 0 Å². The molecule has 6 N–H and O–H groups in total. The minimum absolute atomic E-state index is 0. The predicted molar refractivity (Wildman–Crippen MR) is 238 cm³/mol. The van der Waals surface area contributed by atoms with E-state index in [0.717, 1.165) is 22.3 Å². The average molecular weight is 918 g/mol. The maximum atomic E-state index is 11.8. The van der Waals surface area contributed by atoms with E-state index < -0.39 is 35.4 Å². The summed E-state index contributed by atoms with van der Waals surface area (Å²) in [5, 5.41) is 78.8. The summed E-state index contributed by atoms with van der Waals surface area (Å²) in [5.41, 5.74) is 4.39. The first-order chi connectivity index (χ1) is 30.8. The normalized spacial score (nSPS) is 9.85. The number of carbonyl (C=O) groups is 4. The van der Waals surface area contributed by atoms with Crippen molar-refractivity contribution < 1.29 is 77.1 Å². The minimum atomic E-state index is -1.19. The second-order valence-corrected chi connectivity index (χ2v) is 13.5. The number of hydrogen-bond acceptors (Lipinski definition) is 8. The third kappa shape index (κ3) is 12.7. The first-order valence-electron chi connectivity index (χ1n) is 19.2. The fourth-order valence-corrected chi connectivity index (χ4v) is 6.23. The number of carboxylic acid groups (broad SMARTS) is 4. The minimum Gasteiger partial charge on any atom is -0.871 e. The SMILES string of the molecule is O=C(O)c1cccc(-c2ccccc2)c1O.O=C(O)c1cccc(-c2ccccc2)c1O.O=C(O)c1cccc(-c2ccccc2)c1[O-].O=C(O)c1cccc(-c2ccccc2)c1[O-].[Cu+2]. The molecular formula is C52H38CuO12. The molecule has 0 aliphatic carbocycles. The molecule has 8 aromatic rings. The van der Waals surface area contributed by atoms with Gasteiger partial charge in [-0.1, -0.05) is 181 Å². The number of phenols is 2. The Morgan fingerprint density at radius 3 is 0.754 bits per heavy atom. The Kier molecular flexibility index (Phi) is 17.8. The van der Waals surface area contributed by atoms with Gasteiger partial charge in [-0.05, 0) is 57.6 Å². The van der Waals surface area contributed by atoms with Crippen LogP contribution in [-0.2, 0) is 17.1 Å². The van der Waals surface area contributed by atoms with Crippen molar-refractivity contribution in [2.45, 2.75) is 0 Å². The van der Waals surface area contributed by atoms with Crippen LogP contribution < -0.4 is 10.2 Å². The first kappa shape index (κ1) is 49.0. The molecule has 8 rings (SSSR count). The van der Waals surface area contributed by atoms with Gasteiger partial charge in [0.1, 0.15) is 22.6 Å². The van der Waals surface area contributed by atoms with Crippen LogP contribution >= 0.6 is 0 Å². The topological polar surface area (TPSA) is 236 Å². The number of hydrogen-bond donors (Lipinski definition) is 6. The van der Waals surface area contributed by atoms with Crippen molar-refractivity contribution in [2.75, 3.05) is 0 Å². The number of rotatable bonds is 8. The summed E-state index contributed by atoms with van der Waals surface area (Å²) in [7, 11) is 0. The number of aromatic carboxylic acids is 4. The van der Waals surface area contributed by atoms with Crippen LogP contribution in [-0.4, -0.2) is 54.5 Å². The van der Waals surface area contributed by atoms with E-state index in [4.69, 9.17) is 20.4 Å². The molecule has 0 bridgehead atoms. The van der Waals surface area contributed by atoms with Gasteiger partial charge in [-0.15, -0.1) is 0 Å². The molecule has 0 spiro atoms. The van der Waals surface area contributed by atoms with Crippen LogP contribution in [0.5, 0.6) is 23.0 Å². The maximum absolute atomic E-state index is 11.8. The van der Waals surface area contributed by atoms with Gasteiger partial charge in [0.15, 0.2) is 0 Å². The van der Waals surface area contributed by atoms with Gasteiger partial charge >= 0.3 is 40.9 Å². The smallest absolute Gasteiger partial charge is 0.871 e. The van der Waals surface area contributed by atoms with Gasteiger partial charge in [0.05, 0.1) is 11.1 Å². The third-order valence-corrected chi connectivity index (χ3v) is 9.36. The number of benzene rings is 8. The Bertz CT molecular complexity index is 2480. The van der Waals surface area contributed by atoms with E-state index in [0.29, 0.717) is 22.3 Å². The quantitative estimate of drug-likeness (QED) is 0.0782. The molecule has 0 unspecified atom stereocenters. The van der Waals surface area contributed by atoms with Crippen LogP contribution in [0.25, 0.3) is 44.5 Å².